The van der Waals surface area contributed by atoms with E-state index in [-0.39, 0.29) is 0 Å². The fourth-order valence-electron chi connectivity index (χ4n) is 9.67. The van der Waals surface area contributed by atoms with Crippen LogP contribution in [0.5, 0.6) is 0 Å². The Morgan fingerprint density at radius 1 is 0.443 bits per heavy atom. The van der Waals surface area contributed by atoms with Crippen LogP contribution in [-0.4, -0.2) is 0 Å². The zero-order chi connectivity index (χ0) is 40.8. The fraction of sp³-hybridized carbons (Fsp3) is 0.0169. The number of rotatable bonds is 7. The summed E-state index contributed by atoms with van der Waals surface area (Å²) < 4.78 is 0. The van der Waals surface area contributed by atoms with E-state index in [4.69, 9.17) is 0 Å². The van der Waals surface area contributed by atoms with E-state index in [0.717, 1.165) is 56.1 Å². The maximum atomic E-state index is 4.62. The van der Waals surface area contributed by atoms with E-state index in [1.807, 2.05) is 0 Å². The van der Waals surface area contributed by atoms with E-state index in [2.05, 4.69) is 254 Å². The predicted octanol–water partition coefficient (Wildman–Crippen LogP) is 15.4. The third-order valence-electron chi connectivity index (χ3n) is 12.5. The van der Waals surface area contributed by atoms with Gasteiger partial charge in [0.1, 0.15) is 0 Å². The molecule has 9 aromatic carbocycles. The van der Waals surface area contributed by atoms with E-state index < -0.39 is 5.41 Å². The molecule has 0 fully saturated rings. The quantitative estimate of drug-likeness (QED) is 0.173. The second kappa shape index (κ2) is 15.0. The van der Waals surface area contributed by atoms with Gasteiger partial charge in [0.15, 0.2) is 0 Å². The van der Waals surface area contributed by atoms with Crippen molar-refractivity contribution in [1.29, 1.82) is 0 Å². The lowest BCUT2D eigenvalue weighted by Crippen LogP contribution is -2.28. The highest BCUT2D eigenvalue weighted by Crippen LogP contribution is 2.57. The molecule has 11 rings (SSSR count). The van der Waals surface area contributed by atoms with Crippen molar-refractivity contribution in [3.63, 3.8) is 0 Å². The number of allylic oxidation sites excluding steroid dienone is 4. The van der Waals surface area contributed by atoms with Gasteiger partial charge >= 0.3 is 0 Å². The molecule has 0 radical (unpaired) electrons. The van der Waals surface area contributed by atoms with Gasteiger partial charge in [-0.1, -0.05) is 183 Å². The molecular formula is C59H42N2. The zero-order valence-electron chi connectivity index (χ0n) is 33.7. The van der Waals surface area contributed by atoms with Gasteiger partial charge in [-0.15, -0.1) is 0 Å². The van der Waals surface area contributed by atoms with Gasteiger partial charge in [-0.2, -0.15) is 0 Å². The van der Waals surface area contributed by atoms with Gasteiger partial charge in [-0.05, 0) is 116 Å². The molecule has 288 valence electrons. The Morgan fingerprint density at radius 3 is 1.84 bits per heavy atom. The lowest BCUT2D eigenvalue weighted by atomic mass is 9.67. The number of nitrogens with zero attached hydrogens (tertiary/aromatic N) is 1. The molecule has 0 spiro atoms. The number of fused-ring (bicyclic) bond motifs is 5. The molecule has 2 nitrogen and oxygen atoms in total. The van der Waals surface area contributed by atoms with Crippen molar-refractivity contribution in [1.82, 2.24) is 0 Å². The third-order valence-corrected chi connectivity index (χ3v) is 12.5. The summed E-state index contributed by atoms with van der Waals surface area (Å²) in [5, 5.41) is 6.29. The molecule has 61 heavy (non-hydrogen) atoms. The second-order valence-electron chi connectivity index (χ2n) is 15.9. The molecule has 2 aliphatic rings. The molecule has 1 aliphatic carbocycles. The summed E-state index contributed by atoms with van der Waals surface area (Å²) in [7, 11) is 0. The van der Waals surface area contributed by atoms with Gasteiger partial charge in [0, 0.05) is 39.8 Å². The summed E-state index contributed by atoms with van der Waals surface area (Å²) in [6, 6.07) is 79.0. The number of anilines is 4. The number of nitrogens with one attached hydrogen (secondary N) is 1. The van der Waals surface area contributed by atoms with E-state index in [1.165, 1.54) is 44.2 Å². The fourth-order valence-corrected chi connectivity index (χ4v) is 9.67. The van der Waals surface area contributed by atoms with Crippen LogP contribution in [0, 0.1) is 0 Å². The van der Waals surface area contributed by atoms with Crippen LogP contribution in [0.25, 0.3) is 44.2 Å². The molecule has 0 unspecified atom stereocenters. The maximum absolute atomic E-state index is 4.62. The molecular weight excluding hydrogens is 737 g/mol. The molecule has 0 amide bonds. The Morgan fingerprint density at radius 2 is 1.05 bits per heavy atom. The van der Waals surface area contributed by atoms with E-state index in [1.54, 1.807) is 0 Å². The van der Waals surface area contributed by atoms with Crippen LogP contribution in [0.2, 0.25) is 0 Å². The van der Waals surface area contributed by atoms with Crippen LogP contribution in [0.3, 0.4) is 0 Å². The van der Waals surface area contributed by atoms with Crippen molar-refractivity contribution in [3.8, 4) is 22.3 Å². The van der Waals surface area contributed by atoms with Gasteiger partial charge in [-0.25, -0.2) is 0 Å². The standard InChI is InChI=1S/C59H42N2/c1-41-38-44(36-37-61(48-24-9-4-10-25-48)58-31-16-14-26-49(41)58)43-33-35-57(60-56-30-17-19-42-18-11-12-27-50(42)56)52(39-43)45-32-34-55-53(40-45)51-28-13-15-29-54(51)59(55,46-20-5-2-6-21-46)47-22-7-3-8-23-47/h2-40,60H,1H2/b37-36-,44-38+. The highest BCUT2D eigenvalue weighted by atomic mass is 15.1. The van der Waals surface area contributed by atoms with Gasteiger partial charge in [0.2, 0.25) is 0 Å². The van der Waals surface area contributed by atoms with Crippen LogP contribution in [0.15, 0.2) is 243 Å². The predicted molar refractivity (Wildman–Crippen MR) is 258 cm³/mol. The number of hydrogen-bond donors (Lipinski definition) is 1. The first-order valence-electron chi connectivity index (χ1n) is 20.9. The lowest BCUT2D eigenvalue weighted by Gasteiger charge is -2.33. The normalized spacial score (nSPS) is 15.1. The Hall–Kier alpha value is -7.94. The number of para-hydroxylation sites is 2. The molecule has 0 saturated carbocycles. The maximum Gasteiger partial charge on any atom is 0.0713 e. The average Bonchev–Trinajstić information content (AvgIpc) is 3.62. The van der Waals surface area contributed by atoms with Crippen molar-refractivity contribution < 1.29 is 0 Å². The smallest absolute Gasteiger partial charge is 0.0713 e. The SMILES string of the molecule is C=C1/C=C(c2ccc(Nc3cccc4ccccc34)c(-c3ccc4c(c3)-c3ccccc3C4(c3ccccc3)c3ccccc3)c2)\C=C/N(c2ccccc2)c2ccccc21. The van der Waals surface area contributed by atoms with Crippen molar-refractivity contribution in [2.24, 2.45) is 0 Å². The Balaban J connectivity index is 1.11. The Labute approximate surface area is 357 Å². The molecule has 1 aliphatic heterocycles. The molecule has 9 aromatic rings. The summed E-state index contributed by atoms with van der Waals surface area (Å²) in [5.41, 5.74) is 17.9. The Bertz CT molecular complexity index is 3130. The van der Waals surface area contributed by atoms with Crippen LogP contribution in [0.4, 0.5) is 22.7 Å². The van der Waals surface area contributed by atoms with Gasteiger partial charge in [0.05, 0.1) is 11.1 Å². The summed E-state index contributed by atoms with van der Waals surface area (Å²) in [6.45, 7) is 4.62. The van der Waals surface area contributed by atoms with Crippen molar-refractivity contribution in [2.75, 3.05) is 10.2 Å². The van der Waals surface area contributed by atoms with Gasteiger partial charge in [0.25, 0.3) is 0 Å². The minimum Gasteiger partial charge on any atom is -0.355 e. The number of benzene rings is 9. The van der Waals surface area contributed by atoms with Crippen LogP contribution < -0.4 is 10.2 Å². The van der Waals surface area contributed by atoms with Crippen LogP contribution in [0.1, 0.15) is 33.4 Å². The van der Waals surface area contributed by atoms with E-state index in [0.29, 0.717) is 0 Å². The number of hydrogen-bond acceptors (Lipinski definition) is 2. The minimum absolute atomic E-state index is 0.464. The van der Waals surface area contributed by atoms with Crippen molar-refractivity contribution in [3.05, 3.63) is 277 Å². The van der Waals surface area contributed by atoms with E-state index in [9.17, 15) is 0 Å². The minimum atomic E-state index is -0.464. The van der Waals surface area contributed by atoms with Crippen LogP contribution >= 0.6 is 0 Å². The highest BCUT2D eigenvalue weighted by molar-refractivity contribution is 5.99. The molecule has 2 heteroatoms. The summed E-state index contributed by atoms with van der Waals surface area (Å²) in [5.74, 6) is 0. The largest absolute Gasteiger partial charge is 0.355 e. The average molecular weight is 779 g/mol. The summed E-state index contributed by atoms with van der Waals surface area (Å²) in [4.78, 5) is 2.26. The van der Waals surface area contributed by atoms with Crippen molar-refractivity contribution >= 4 is 44.7 Å². The molecule has 0 aromatic heterocycles. The van der Waals surface area contributed by atoms with Crippen LogP contribution in [-0.2, 0) is 5.41 Å². The molecule has 0 atom stereocenters. The monoisotopic (exact) mass is 778 g/mol. The first-order chi connectivity index (χ1) is 30.2. The topological polar surface area (TPSA) is 15.3 Å². The first kappa shape index (κ1) is 36.2. The first-order valence-corrected chi connectivity index (χ1v) is 20.9. The van der Waals surface area contributed by atoms with Gasteiger partial charge < -0.3 is 10.2 Å². The van der Waals surface area contributed by atoms with Crippen molar-refractivity contribution in [2.45, 2.75) is 5.41 Å². The molecule has 1 heterocycles. The molecule has 0 saturated heterocycles. The molecule has 1 N–H and O–H groups in total. The Kier molecular flexibility index (Phi) is 8.90. The molecule has 0 bridgehead atoms. The summed E-state index contributed by atoms with van der Waals surface area (Å²) >= 11 is 0. The zero-order valence-corrected chi connectivity index (χ0v) is 33.7. The summed E-state index contributed by atoms with van der Waals surface area (Å²) in [6.07, 6.45) is 6.63. The lowest BCUT2D eigenvalue weighted by molar-refractivity contribution is 0.768. The van der Waals surface area contributed by atoms with E-state index >= 15 is 0 Å². The van der Waals surface area contributed by atoms with Gasteiger partial charge in [-0.3, -0.25) is 0 Å². The second-order valence-corrected chi connectivity index (χ2v) is 15.9. The highest BCUT2D eigenvalue weighted by Gasteiger charge is 2.46. The third kappa shape index (κ3) is 6.12.